The number of ether oxygens (including phenoxy) is 1. The van der Waals surface area contributed by atoms with Gasteiger partial charge in [0.05, 0.1) is 22.4 Å². The Balaban J connectivity index is 1.15. The van der Waals surface area contributed by atoms with E-state index >= 15 is 4.39 Å². The van der Waals surface area contributed by atoms with E-state index in [1.165, 1.54) is 30.5 Å². The average Bonchev–Trinajstić information content (AvgIpc) is 3.45. The number of alkyl halides is 2. The van der Waals surface area contributed by atoms with Gasteiger partial charge in [-0.05, 0) is 62.2 Å². The SMILES string of the molecule is C#Cc1c(F)ccc2cc(O)cc(-c3ncc4c(N5CC6CCC(C5)N6C(=O)C5CC5F)nc(OC[C@@]56CCCN5C[C@H](F)C6)nc4c3F)c12. The number of carbonyl (C=O) groups excluding carboxylic acids is 1. The third kappa shape index (κ3) is 4.86. The Morgan fingerprint density at radius 3 is 2.64 bits per heavy atom. The van der Waals surface area contributed by atoms with Crippen LogP contribution < -0.4 is 9.64 Å². The number of fused-ring (bicyclic) bond motifs is 5. The molecule has 4 saturated heterocycles. The fraction of sp³-hybridized carbons (Fsp3) is 0.459. The fourth-order valence-corrected chi connectivity index (χ4v) is 8.96. The van der Waals surface area contributed by atoms with Gasteiger partial charge in [0.2, 0.25) is 5.91 Å². The van der Waals surface area contributed by atoms with Crippen LogP contribution in [0.2, 0.25) is 0 Å². The molecule has 2 aromatic carbocycles. The largest absolute Gasteiger partial charge is 0.508 e. The lowest BCUT2D eigenvalue weighted by Crippen LogP contribution is -2.56. The Labute approximate surface area is 285 Å². The fourth-order valence-electron chi connectivity index (χ4n) is 8.96. The number of hydrogen-bond donors (Lipinski definition) is 1. The van der Waals surface area contributed by atoms with Crippen LogP contribution in [0.3, 0.4) is 0 Å². The quantitative estimate of drug-likeness (QED) is 0.216. The molecule has 13 heteroatoms. The summed E-state index contributed by atoms with van der Waals surface area (Å²) in [5.41, 5.74) is -0.815. The number of terminal acetylenes is 1. The van der Waals surface area contributed by atoms with E-state index in [2.05, 4.69) is 20.8 Å². The summed E-state index contributed by atoms with van der Waals surface area (Å²) < 4.78 is 66.5. The first kappa shape index (κ1) is 31.3. The number of anilines is 1. The number of phenolic OH excluding ortho intramolecular Hbond substituents is 1. The maximum atomic E-state index is 16.9. The van der Waals surface area contributed by atoms with Crippen molar-refractivity contribution < 1.29 is 32.2 Å². The molecule has 258 valence electrons. The second-order valence-corrected chi connectivity index (χ2v) is 14.4. The maximum Gasteiger partial charge on any atom is 0.319 e. The van der Waals surface area contributed by atoms with Gasteiger partial charge in [0, 0.05) is 55.3 Å². The Morgan fingerprint density at radius 1 is 1.12 bits per heavy atom. The van der Waals surface area contributed by atoms with Crippen molar-refractivity contribution in [3.05, 3.63) is 47.7 Å². The van der Waals surface area contributed by atoms with Crippen molar-refractivity contribution in [3.63, 3.8) is 0 Å². The number of pyridine rings is 1. The minimum absolute atomic E-state index is 0.0892. The molecule has 6 atom stereocenters. The number of piperazine rings is 1. The average molecular weight is 687 g/mol. The number of nitrogens with zero attached hydrogens (tertiary/aromatic N) is 6. The van der Waals surface area contributed by atoms with Crippen LogP contribution in [0.25, 0.3) is 32.9 Å². The van der Waals surface area contributed by atoms with Crippen LogP contribution in [0.1, 0.15) is 44.1 Å². The summed E-state index contributed by atoms with van der Waals surface area (Å²) in [6.45, 7) is 2.02. The zero-order valence-electron chi connectivity index (χ0n) is 27.1. The van der Waals surface area contributed by atoms with Gasteiger partial charge >= 0.3 is 6.01 Å². The van der Waals surface area contributed by atoms with Crippen LogP contribution in [0.4, 0.5) is 23.4 Å². The highest BCUT2D eigenvalue weighted by molar-refractivity contribution is 6.03. The van der Waals surface area contributed by atoms with E-state index in [4.69, 9.17) is 16.1 Å². The lowest BCUT2D eigenvalue weighted by atomic mass is 9.95. The summed E-state index contributed by atoms with van der Waals surface area (Å²) in [5, 5.41) is 11.5. The van der Waals surface area contributed by atoms with Crippen LogP contribution in [0, 0.1) is 29.9 Å². The van der Waals surface area contributed by atoms with Crippen molar-refractivity contribution in [3.8, 4) is 35.4 Å². The van der Waals surface area contributed by atoms with Crippen LogP contribution in [-0.2, 0) is 4.79 Å². The summed E-state index contributed by atoms with van der Waals surface area (Å²) >= 11 is 0. The lowest BCUT2D eigenvalue weighted by Gasteiger charge is -2.42. The monoisotopic (exact) mass is 686 g/mol. The molecule has 4 aromatic rings. The van der Waals surface area contributed by atoms with Gasteiger partial charge in [-0.25, -0.2) is 17.6 Å². The molecule has 5 fully saturated rings. The predicted octanol–water partition coefficient (Wildman–Crippen LogP) is 5.30. The van der Waals surface area contributed by atoms with Crippen LogP contribution >= 0.6 is 0 Å². The van der Waals surface area contributed by atoms with E-state index in [1.807, 2.05) is 9.80 Å². The molecule has 0 radical (unpaired) electrons. The number of hydrogen-bond acceptors (Lipinski definition) is 8. The molecule has 9 rings (SSSR count). The molecule has 1 amide bonds. The smallest absolute Gasteiger partial charge is 0.319 e. The maximum absolute atomic E-state index is 16.9. The van der Waals surface area contributed by atoms with Gasteiger partial charge in [0.25, 0.3) is 0 Å². The summed E-state index contributed by atoms with van der Waals surface area (Å²) in [7, 11) is 0. The molecule has 50 heavy (non-hydrogen) atoms. The molecule has 1 aliphatic carbocycles. The number of benzene rings is 2. The van der Waals surface area contributed by atoms with Gasteiger partial charge in [0.1, 0.15) is 47.5 Å². The second kappa shape index (κ2) is 11.4. The first-order valence-corrected chi connectivity index (χ1v) is 17.2. The molecule has 6 heterocycles. The highest BCUT2D eigenvalue weighted by Crippen LogP contribution is 2.44. The summed E-state index contributed by atoms with van der Waals surface area (Å²) in [4.78, 5) is 32.8. The minimum Gasteiger partial charge on any atom is -0.508 e. The van der Waals surface area contributed by atoms with E-state index in [9.17, 15) is 23.1 Å². The van der Waals surface area contributed by atoms with E-state index < -0.39 is 35.4 Å². The Bertz CT molecular complexity index is 2110. The van der Waals surface area contributed by atoms with Crippen LogP contribution in [-0.4, -0.2) is 98.5 Å². The molecule has 1 saturated carbocycles. The topological polar surface area (TPSA) is 94.9 Å². The van der Waals surface area contributed by atoms with Gasteiger partial charge < -0.3 is 19.6 Å². The van der Waals surface area contributed by atoms with Gasteiger partial charge in [-0.15, -0.1) is 6.42 Å². The predicted molar refractivity (Wildman–Crippen MR) is 177 cm³/mol. The number of rotatable bonds is 6. The van der Waals surface area contributed by atoms with Crippen molar-refractivity contribution in [2.45, 2.75) is 68.5 Å². The number of halogens is 4. The van der Waals surface area contributed by atoms with E-state index in [0.29, 0.717) is 42.6 Å². The van der Waals surface area contributed by atoms with Gasteiger partial charge in [-0.1, -0.05) is 12.0 Å². The highest BCUT2D eigenvalue weighted by Gasteiger charge is 2.52. The molecule has 2 aromatic heterocycles. The molecule has 9 nitrogen and oxygen atoms in total. The molecule has 1 N–H and O–H groups in total. The third-order valence-corrected chi connectivity index (χ3v) is 11.4. The zero-order valence-corrected chi connectivity index (χ0v) is 27.1. The number of aromatic hydroxyl groups is 1. The van der Waals surface area contributed by atoms with Crippen molar-refractivity contribution >= 4 is 33.4 Å². The number of aromatic nitrogens is 3. The number of amides is 1. The molecule has 4 unspecified atom stereocenters. The highest BCUT2D eigenvalue weighted by atomic mass is 19.1. The molecule has 2 bridgehead atoms. The van der Waals surface area contributed by atoms with Crippen LogP contribution in [0.5, 0.6) is 11.8 Å². The Morgan fingerprint density at radius 2 is 1.90 bits per heavy atom. The third-order valence-electron chi connectivity index (χ3n) is 11.4. The summed E-state index contributed by atoms with van der Waals surface area (Å²) in [6, 6.07) is 4.92. The van der Waals surface area contributed by atoms with E-state index in [-0.39, 0.29) is 70.5 Å². The zero-order chi connectivity index (χ0) is 34.5. The van der Waals surface area contributed by atoms with Gasteiger partial charge in [-0.2, -0.15) is 9.97 Å². The minimum atomic E-state index is -1.09. The lowest BCUT2D eigenvalue weighted by molar-refractivity contribution is -0.136. The van der Waals surface area contributed by atoms with Crippen LogP contribution in [0.15, 0.2) is 30.5 Å². The van der Waals surface area contributed by atoms with Crippen molar-refractivity contribution in [2.75, 3.05) is 37.7 Å². The number of phenols is 1. The molecule has 0 spiro atoms. The molecular weight excluding hydrogens is 652 g/mol. The molecule has 5 aliphatic rings. The van der Waals surface area contributed by atoms with Gasteiger partial charge in [0.15, 0.2) is 5.82 Å². The first-order valence-electron chi connectivity index (χ1n) is 17.2. The summed E-state index contributed by atoms with van der Waals surface area (Å²) in [6.07, 6.45) is 8.83. The standard InChI is InChI=1S/C37H34F4N6O3/c1-2-24-28(39)7-4-19-10-23(48)11-26(30(19)24)32-31(41)33-27(14-42-32)34(44-36(43-33)50-18-37-8-3-9-46(37)15-20(38)13-37)45-16-21-5-6-22(17-45)47(21)35(49)25-12-29(25)40/h1,4,7,10-11,14,20-22,25,29,48H,3,5-6,8-9,12-13,15-18H2/t20-,21?,22?,25?,29?,37+/m1/s1. The second-order valence-electron chi connectivity index (χ2n) is 14.4. The normalized spacial score (nSPS) is 28.7. The summed E-state index contributed by atoms with van der Waals surface area (Å²) in [5.74, 6) is 0.283. The van der Waals surface area contributed by atoms with E-state index in [1.54, 1.807) is 0 Å². The molecular formula is C37H34F4N6O3. The van der Waals surface area contributed by atoms with E-state index in [0.717, 1.165) is 32.2 Å². The Hall–Kier alpha value is -4.70. The van der Waals surface area contributed by atoms with Crippen molar-refractivity contribution in [1.29, 1.82) is 0 Å². The van der Waals surface area contributed by atoms with Crippen molar-refractivity contribution in [2.24, 2.45) is 5.92 Å². The Kier molecular flexibility index (Phi) is 7.14. The number of carbonyl (C=O) groups is 1. The molecule has 4 aliphatic heterocycles. The first-order chi connectivity index (χ1) is 24.1. The van der Waals surface area contributed by atoms with Crippen molar-refractivity contribution in [1.82, 2.24) is 24.8 Å². The van der Waals surface area contributed by atoms with Gasteiger partial charge in [-0.3, -0.25) is 14.7 Å².